The molecule has 1 saturated heterocycles. The molecule has 0 aromatic carbocycles. The number of esters is 3. The second-order valence-electron chi connectivity index (χ2n) is 8.71. The van der Waals surface area contributed by atoms with Crippen molar-refractivity contribution in [3.05, 3.63) is 11.0 Å². The summed E-state index contributed by atoms with van der Waals surface area (Å²) < 4.78 is 24.5. The number of imidazole rings is 1. The van der Waals surface area contributed by atoms with E-state index in [-0.39, 0.29) is 12.6 Å². The number of hydrogen-bond donors (Lipinski definition) is 2. The highest BCUT2D eigenvalue weighted by Gasteiger charge is 2.51. The van der Waals surface area contributed by atoms with Gasteiger partial charge >= 0.3 is 17.9 Å². The lowest BCUT2D eigenvalue weighted by atomic mass is 9.96. The van der Waals surface area contributed by atoms with Crippen LogP contribution in [0.25, 0.3) is 11.2 Å². The molecule has 4 atom stereocenters. The zero-order valence-corrected chi connectivity index (χ0v) is 20.6. The number of nitrogens with zero attached hydrogens (tertiary/aromatic N) is 3. The normalized spacial score (nSPS) is 24.8. The standard InChI is InChI=1S/C22H29N5O7S/c1-11(28)31-9-15-17(32-12(2)29)18(33-13(3)30)21(34-15)27-19-16(20(35)24-10-23-19)26-22(27)25-14-7-5-4-6-8-14/h10,14-15,17-18,21H,4-9H2,1-3H3,(H,25,26)(H,23,24,35)/t15-,17-,18-,21-/m1/s1. The first-order valence-electron chi connectivity index (χ1n) is 11.6. The van der Waals surface area contributed by atoms with Gasteiger partial charge in [-0.1, -0.05) is 31.5 Å². The fourth-order valence-electron chi connectivity index (χ4n) is 4.61. The summed E-state index contributed by atoms with van der Waals surface area (Å²) in [5.74, 6) is -1.25. The first-order chi connectivity index (χ1) is 16.7. The van der Waals surface area contributed by atoms with Crippen LogP contribution in [-0.4, -0.2) is 68.4 Å². The van der Waals surface area contributed by atoms with Crippen LogP contribution in [0.2, 0.25) is 0 Å². The third-order valence-electron chi connectivity index (χ3n) is 6.03. The van der Waals surface area contributed by atoms with Gasteiger partial charge in [-0.05, 0) is 12.8 Å². The van der Waals surface area contributed by atoms with Gasteiger partial charge < -0.3 is 29.2 Å². The number of aromatic nitrogens is 4. The van der Waals surface area contributed by atoms with Gasteiger partial charge in [0.2, 0.25) is 5.95 Å². The van der Waals surface area contributed by atoms with Crippen LogP contribution >= 0.6 is 12.2 Å². The summed E-state index contributed by atoms with van der Waals surface area (Å²) in [4.78, 5) is 47.3. The Bertz CT molecular complexity index is 1160. The summed E-state index contributed by atoms with van der Waals surface area (Å²) in [7, 11) is 0. The van der Waals surface area contributed by atoms with E-state index in [1.807, 2.05) is 0 Å². The van der Waals surface area contributed by atoms with E-state index >= 15 is 0 Å². The summed E-state index contributed by atoms with van der Waals surface area (Å²) in [6.45, 7) is 3.56. The van der Waals surface area contributed by atoms with Gasteiger partial charge in [-0.15, -0.1) is 0 Å². The average Bonchev–Trinajstić information content (AvgIpc) is 3.31. The lowest BCUT2D eigenvalue weighted by Gasteiger charge is -2.27. The van der Waals surface area contributed by atoms with Gasteiger partial charge in [0.1, 0.15) is 23.9 Å². The molecule has 3 heterocycles. The Morgan fingerprint density at radius 1 is 1.11 bits per heavy atom. The highest BCUT2D eigenvalue weighted by molar-refractivity contribution is 7.71. The van der Waals surface area contributed by atoms with Crippen molar-refractivity contribution in [2.75, 3.05) is 11.9 Å². The van der Waals surface area contributed by atoms with Crippen LogP contribution in [0, 0.1) is 4.64 Å². The Hall–Kier alpha value is -3.06. The molecule has 2 aromatic rings. The first kappa shape index (κ1) is 25.0. The molecule has 2 aliphatic rings. The summed E-state index contributed by atoms with van der Waals surface area (Å²) in [6, 6.07) is 0.190. The number of ether oxygens (including phenoxy) is 4. The van der Waals surface area contributed by atoms with Crippen LogP contribution in [0.5, 0.6) is 0 Å². The molecule has 0 bridgehead atoms. The Balaban J connectivity index is 1.79. The van der Waals surface area contributed by atoms with Crippen LogP contribution in [0.15, 0.2) is 6.33 Å². The molecule has 2 N–H and O–H groups in total. The largest absolute Gasteiger partial charge is 0.463 e. The summed E-state index contributed by atoms with van der Waals surface area (Å²) in [5, 5.41) is 3.48. The number of rotatable bonds is 7. The minimum Gasteiger partial charge on any atom is -0.463 e. The molecular weight excluding hydrogens is 478 g/mol. The smallest absolute Gasteiger partial charge is 0.303 e. The van der Waals surface area contributed by atoms with Gasteiger partial charge in [0.25, 0.3) is 0 Å². The molecule has 2 aromatic heterocycles. The maximum Gasteiger partial charge on any atom is 0.303 e. The summed E-state index contributed by atoms with van der Waals surface area (Å²) >= 11 is 5.39. The number of H-pyrrole nitrogens is 1. The van der Waals surface area contributed by atoms with E-state index in [1.54, 1.807) is 4.57 Å². The van der Waals surface area contributed by atoms with E-state index in [4.69, 9.17) is 36.1 Å². The van der Waals surface area contributed by atoms with Crippen molar-refractivity contribution in [1.29, 1.82) is 0 Å². The maximum absolute atomic E-state index is 12.1. The number of fused-ring (bicyclic) bond motifs is 1. The van der Waals surface area contributed by atoms with Crippen molar-refractivity contribution < 1.29 is 33.3 Å². The Kier molecular flexibility index (Phi) is 7.65. The number of carbonyl (C=O) groups is 3. The molecule has 12 nitrogen and oxygen atoms in total. The van der Waals surface area contributed by atoms with Crippen LogP contribution in [0.1, 0.15) is 59.1 Å². The Morgan fingerprint density at radius 3 is 2.46 bits per heavy atom. The van der Waals surface area contributed by atoms with E-state index in [0.717, 1.165) is 25.7 Å². The highest BCUT2D eigenvalue weighted by atomic mass is 32.1. The minimum atomic E-state index is -1.04. The molecule has 35 heavy (non-hydrogen) atoms. The van der Waals surface area contributed by atoms with Gasteiger partial charge in [0.15, 0.2) is 23.1 Å². The molecular formula is C22H29N5O7S. The molecule has 1 aliphatic carbocycles. The van der Waals surface area contributed by atoms with E-state index in [0.29, 0.717) is 21.8 Å². The molecule has 0 unspecified atom stereocenters. The Morgan fingerprint density at radius 2 is 1.80 bits per heavy atom. The van der Waals surface area contributed by atoms with Crippen molar-refractivity contribution in [2.24, 2.45) is 0 Å². The molecule has 0 amide bonds. The molecule has 0 spiro atoms. The molecule has 1 aliphatic heterocycles. The third-order valence-corrected chi connectivity index (χ3v) is 6.33. The first-order valence-corrected chi connectivity index (χ1v) is 12.0. The molecule has 4 rings (SSSR count). The van der Waals surface area contributed by atoms with E-state index < -0.39 is 42.4 Å². The van der Waals surface area contributed by atoms with Gasteiger partial charge in [-0.2, -0.15) is 0 Å². The highest BCUT2D eigenvalue weighted by Crippen LogP contribution is 2.38. The Labute approximate surface area is 206 Å². The fraction of sp³-hybridized carbons (Fsp3) is 0.636. The number of hydrogen-bond acceptors (Lipinski definition) is 11. The van der Waals surface area contributed by atoms with Crippen molar-refractivity contribution in [3.63, 3.8) is 0 Å². The van der Waals surface area contributed by atoms with Gasteiger partial charge in [0, 0.05) is 26.8 Å². The summed E-state index contributed by atoms with van der Waals surface area (Å²) in [5.41, 5.74) is 0.943. The lowest BCUT2D eigenvalue weighted by molar-refractivity contribution is -0.166. The molecule has 1 saturated carbocycles. The average molecular weight is 508 g/mol. The van der Waals surface area contributed by atoms with Crippen LogP contribution in [-0.2, 0) is 33.3 Å². The zero-order chi connectivity index (χ0) is 25.1. The minimum absolute atomic E-state index is 0.190. The summed E-state index contributed by atoms with van der Waals surface area (Å²) in [6.07, 6.45) is 2.89. The number of nitrogens with one attached hydrogen (secondary N) is 2. The van der Waals surface area contributed by atoms with Gasteiger partial charge in [-0.3, -0.25) is 19.0 Å². The fourth-order valence-corrected chi connectivity index (χ4v) is 4.81. The van der Waals surface area contributed by atoms with Crippen molar-refractivity contribution in [1.82, 2.24) is 19.5 Å². The maximum atomic E-state index is 12.1. The van der Waals surface area contributed by atoms with Crippen molar-refractivity contribution in [2.45, 2.75) is 83.5 Å². The van der Waals surface area contributed by atoms with E-state index in [2.05, 4.69) is 15.3 Å². The second-order valence-corrected chi connectivity index (χ2v) is 9.09. The predicted molar refractivity (Wildman–Crippen MR) is 125 cm³/mol. The van der Waals surface area contributed by atoms with Crippen LogP contribution in [0.3, 0.4) is 0 Å². The van der Waals surface area contributed by atoms with Crippen molar-refractivity contribution in [3.8, 4) is 0 Å². The number of anilines is 1. The molecule has 0 radical (unpaired) electrons. The molecule has 13 heteroatoms. The van der Waals surface area contributed by atoms with E-state index in [9.17, 15) is 14.4 Å². The van der Waals surface area contributed by atoms with Crippen LogP contribution < -0.4 is 5.32 Å². The number of aromatic amines is 1. The second kappa shape index (κ2) is 10.7. The van der Waals surface area contributed by atoms with E-state index in [1.165, 1.54) is 33.5 Å². The van der Waals surface area contributed by atoms with Crippen LogP contribution in [0.4, 0.5) is 5.95 Å². The number of carbonyl (C=O) groups excluding carboxylic acids is 3. The lowest BCUT2D eigenvalue weighted by Crippen LogP contribution is -2.40. The monoisotopic (exact) mass is 507 g/mol. The van der Waals surface area contributed by atoms with Gasteiger partial charge in [0.05, 0.1) is 6.33 Å². The molecule has 2 fully saturated rings. The quantitative estimate of drug-likeness (QED) is 0.324. The SMILES string of the molecule is CC(=O)OC[C@H]1O[C@@H](n2c(NC3CCCCC3)nc3c(=S)nc[nH]c32)[C@H](OC(C)=O)[C@@H]1OC(C)=O. The van der Waals surface area contributed by atoms with Crippen molar-refractivity contribution >= 4 is 47.2 Å². The topological polar surface area (TPSA) is 147 Å². The van der Waals surface area contributed by atoms with Gasteiger partial charge in [-0.25, -0.2) is 9.97 Å². The third kappa shape index (κ3) is 5.61. The predicted octanol–water partition coefficient (Wildman–Crippen LogP) is 2.56. The molecule has 190 valence electrons. The zero-order valence-electron chi connectivity index (χ0n) is 19.8.